The summed E-state index contributed by atoms with van der Waals surface area (Å²) in [6, 6.07) is 5.74. The molecule has 0 saturated heterocycles. The lowest BCUT2D eigenvalue weighted by Gasteiger charge is -2.17. The summed E-state index contributed by atoms with van der Waals surface area (Å²) in [5.74, 6) is 1.24. The van der Waals surface area contributed by atoms with Gasteiger partial charge in [-0.2, -0.15) is 0 Å². The third kappa shape index (κ3) is 2.64. The van der Waals surface area contributed by atoms with Crippen molar-refractivity contribution in [2.45, 2.75) is 33.1 Å². The highest BCUT2D eigenvalue weighted by atomic mass is 15.0. The van der Waals surface area contributed by atoms with E-state index in [9.17, 15) is 0 Å². The van der Waals surface area contributed by atoms with Gasteiger partial charge in [-0.25, -0.2) is 9.97 Å². The van der Waals surface area contributed by atoms with Crippen LogP contribution in [0, 0.1) is 6.92 Å². The molecule has 0 unspecified atom stereocenters. The van der Waals surface area contributed by atoms with E-state index >= 15 is 0 Å². The summed E-state index contributed by atoms with van der Waals surface area (Å²) in [4.78, 5) is 13.1. The third-order valence-corrected chi connectivity index (χ3v) is 2.62. The molecule has 2 aromatic rings. The Labute approximate surface area is 107 Å². The minimum absolute atomic E-state index is 0.123. The number of nitrogens with zero attached hydrogens (tertiary/aromatic N) is 3. The highest BCUT2D eigenvalue weighted by molar-refractivity contribution is 5.61. The fourth-order valence-corrected chi connectivity index (χ4v) is 1.57. The first-order valence-corrected chi connectivity index (χ1v) is 5.94. The summed E-state index contributed by atoms with van der Waals surface area (Å²) in [5.41, 5.74) is 8.49. The van der Waals surface area contributed by atoms with Gasteiger partial charge in [-0.15, -0.1) is 0 Å². The number of nitrogens with two attached hydrogens (primary N) is 1. The lowest BCUT2D eigenvalue weighted by atomic mass is 9.95. The number of rotatable bonds is 1. The highest BCUT2D eigenvalue weighted by Gasteiger charge is 2.19. The zero-order valence-electron chi connectivity index (χ0n) is 11.2. The van der Waals surface area contributed by atoms with Crippen LogP contribution in [0.4, 0.5) is 5.82 Å². The molecule has 4 heteroatoms. The van der Waals surface area contributed by atoms with E-state index < -0.39 is 0 Å². The van der Waals surface area contributed by atoms with Crippen molar-refractivity contribution in [1.82, 2.24) is 15.0 Å². The molecule has 0 amide bonds. The van der Waals surface area contributed by atoms with Gasteiger partial charge >= 0.3 is 0 Å². The molecule has 2 heterocycles. The maximum absolute atomic E-state index is 5.85. The Bertz CT molecular complexity index is 553. The van der Waals surface area contributed by atoms with Gasteiger partial charge in [0.25, 0.3) is 0 Å². The summed E-state index contributed by atoms with van der Waals surface area (Å²) in [6.07, 6.45) is 1.81. The first kappa shape index (κ1) is 12.5. The highest BCUT2D eigenvalue weighted by Crippen LogP contribution is 2.24. The van der Waals surface area contributed by atoms with Crippen molar-refractivity contribution in [1.29, 1.82) is 0 Å². The minimum Gasteiger partial charge on any atom is -0.384 e. The van der Waals surface area contributed by atoms with Crippen LogP contribution in [0.3, 0.4) is 0 Å². The number of pyridine rings is 1. The fourth-order valence-electron chi connectivity index (χ4n) is 1.57. The summed E-state index contributed by atoms with van der Waals surface area (Å²) in [7, 11) is 0. The van der Waals surface area contributed by atoms with Gasteiger partial charge in [0.15, 0.2) is 0 Å². The Morgan fingerprint density at radius 3 is 2.39 bits per heavy atom. The molecule has 0 aliphatic carbocycles. The van der Waals surface area contributed by atoms with Crippen LogP contribution in [-0.2, 0) is 5.41 Å². The average molecular weight is 242 g/mol. The lowest BCUT2D eigenvalue weighted by Crippen LogP contribution is -2.17. The molecule has 18 heavy (non-hydrogen) atoms. The van der Waals surface area contributed by atoms with E-state index in [1.807, 2.05) is 25.3 Å². The fraction of sp³-hybridized carbons (Fsp3) is 0.357. The summed E-state index contributed by atoms with van der Waals surface area (Å²) >= 11 is 0. The van der Waals surface area contributed by atoms with E-state index in [2.05, 4.69) is 35.7 Å². The molecule has 4 nitrogen and oxygen atoms in total. The van der Waals surface area contributed by atoms with Gasteiger partial charge in [-0.3, -0.25) is 4.98 Å². The molecule has 0 aromatic carbocycles. The number of aryl methyl sites for hydroxylation is 1. The topological polar surface area (TPSA) is 64.7 Å². The minimum atomic E-state index is -0.123. The SMILES string of the molecule is Cc1ccc(-c2cc(N)nc(C(C)(C)C)n2)cn1. The first-order chi connectivity index (χ1) is 8.36. The monoisotopic (exact) mass is 242 g/mol. The van der Waals surface area contributed by atoms with Gasteiger partial charge in [0.05, 0.1) is 5.69 Å². The zero-order valence-corrected chi connectivity index (χ0v) is 11.2. The van der Waals surface area contributed by atoms with Crippen molar-refractivity contribution in [3.63, 3.8) is 0 Å². The maximum Gasteiger partial charge on any atom is 0.136 e. The molecule has 0 saturated carbocycles. The number of nitrogen functional groups attached to an aromatic ring is 1. The van der Waals surface area contributed by atoms with Crippen LogP contribution in [0.1, 0.15) is 32.3 Å². The van der Waals surface area contributed by atoms with Crippen molar-refractivity contribution in [3.8, 4) is 11.3 Å². The number of anilines is 1. The quantitative estimate of drug-likeness (QED) is 0.835. The Balaban J connectivity index is 2.52. The zero-order chi connectivity index (χ0) is 13.3. The van der Waals surface area contributed by atoms with Crippen LogP contribution in [-0.4, -0.2) is 15.0 Å². The van der Waals surface area contributed by atoms with Crippen molar-refractivity contribution >= 4 is 5.82 Å². The van der Waals surface area contributed by atoms with E-state index in [1.165, 1.54) is 0 Å². The molecule has 0 aliphatic rings. The summed E-state index contributed by atoms with van der Waals surface area (Å²) in [5, 5.41) is 0. The molecule has 0 spiro atoms. The maximum atomic E-state index is 5.85. The predicted octanol–water partition coefficient (Wildman–Crippen LogP) is 2.73. The van der Waals surface area contributed by atoms with Crippen LogP contribution in [0.5, 0.6) is 0 Å². The van der Waals surface area contributed by atoms with Gasteiger partial charge in [0.2, 0.25) is 0 Å². The van der Waals surface area contributed by atoms with Crippen molar-refractivity contribution < 1.29 is 0 Å². The Hall–Kier alpha value is -1.97. The second-order valence-corrected chi connectivity index (χ2v) is 5.44. The van der Waals surface area contributed by atoms with Crippen molar-refractivity contribution in [2.24, 2.45) is 0 Å². The van der Waals surface area contributed by atoms with Crippen LogP contribution < -0.4 is 5.73 Å². The Kier molecular flexibility index (Phi) is 3.03. The van der Waals surface area contributed by atoms with Crippen LogP contribution in [0.2, 0.25) is 0 Å². The van der Waals surface area contributed by atoms with Crippen molar-refractivity contribution in [3.05, 3.63) is 35.9 Å². The van der Waals surface area contributed by atoms with Gasteiger partial charge in [0.1, 0.15) is 11.6 Å². The Morgan fingerprint density at radius 1 is 1.11 bits per heavy atom. The third-order valence-electron chi connectivity index (χ3n) is 2.62. The molecular formula is C14H18N4. The molecule has 0 atom stereocenters. The largest absolute Gasteiger partial charge is 0.384 e. The van der Waals surface area contributed by atoms with E-state index in [1.54, 1.807) is 6.07 Å². The van der Waals surface area contributed by atoms with Crippen LogP contribution >= 0.6 is 0 Å². The van der Waals surface area contributed by atoms with Crippen molar-refractivity contribution in [2.75, 3.05) is 5.73 Å². The summed E-state index contributed by atoms with van der Waals surface area (Å²) in [6.45, 7) is 8.16. The molecule has 0 aliphatic heterocycles. The van der Waals surface area contributed by atoms with Gasteiger partial charge in [-0.05, 0) is 19.1 Å². The van der Waals surface area contributed by atoms with Crippen LogP contribution in [0.15, 0.2) is 24.4 Å². The lowest BCUT2D eigenvalue weighted by molar-refractivity contribution is 0.547. The molecule has 0 fully saturated rings. The average Bonchev–Trinajstić information content (AvgIpc) is 2.28. The first-order valence-electron chi connectivity index (χ1n) is 5.94. The van der Waals surface area contributed by atoms with E-state index in [0.29, 0.717) is 5.82 Å². The molecule has 2 rings (SSSR count). The smallest absolute Gasteiger partial charge is 0.136 e. The molecule has 94 valence electrons. The molecular weight excluding hydrogens is 224 g/mol. The number of aromatic nitrogens is 3. The van der Waals surface area contributed by atoms with E-state index in [0.717, 1.165) is 22.8 Å². The second kappa shape index (κ2) is 4.37. The Morgan fingerprint density at radius 2 is 1.83 bits per heavy atom. The number of hydrogen-bond acceptors (Lipinski definition) is 4. The van der Waals surface area contributed by atoms with Crippen LogP contribution in [0.25, 0.3) is 11.3 Å². The molecule has 0 bridgehead atoms. The predicted molar refractivity (Wildman–Crippen MR) is 73.1 cm³/mol. The standard InChI is InChI=1S/C14H18N4/c1-9-5-6-10(8-16-9)11-7-12(15)18-13(17-11)14(2,3)4/h5-8H,1-4H3,(H2,15,17,18). The van der Waals surface area contributed by atoms with Gasteiger partial charge in [-0.1, -0.05) is 20.8 Å². The summed E-state index contributed by atoms with van der Waals surface area (Å²) < 4.78 is 0. The van der Waals surface area contributed by atoms with Gasteiger partial charge in [0, 0.05) is 28.9 Å². The normalized spacial score (nSPS) is 11.6. The number of hydrogen-bond donors (Lipinski definition) is 1. The molecule has 2 N–H and O–H groups in total. The molecule has 0 radical (unpaired) electrons. The van der Waals surface area contributed by atoms with E-state index in [4.69, 9.17) is 5.73 Å². The van der Waals surface area contributed by atoms with E-state index in [-0.39, 0.29) is 5.41 Å². The van der Waals surface area contributed by atoms with Gasteiger partial charge < -0.3 is 5.73 Å². The molecule has 2 aromatic heterocycles. The second-order valence-electron chi connectivity index (χ2n) is 5.44.